The van der Waals surface area contributed by atoms with E-state index in [4.69, 9.17) is 5.26 Å². The molecule has 0 amide bonds. The van der Waals surface area contributed by atoms with Crippen LogP contribution in [0.4, 0.5) is 13.2 Å². The highest BCUT2D eigenvalue weighted by Gasteiger charge is 2.26. The van der Waals surface area contributed by atoms with E-state index in [9.17, 15) is 13.2 Å². The normalized spacial score (nSPS) is 13.9. The van der Waals surface area contributed by atoms with E-state index < -0.39 is 25.3 Å². The fourth-order valence-corrected chi connectivity index (χ4v) is 0.563. The summed E-state index contributed by atoms with van der Waals surface area (Å²) in [6.45, 7) is 1.25. The topological polar surface area (TPSA) is 33.0 Å². The smallest absolute Gasteiger partial charge is 0.363 e. The van der Waals surface area contributed by atoms with E-state index in [1.54, 1.807) is 13.0 Å². The standard InChI is InChI=1S/C7H10F3NO/c1-2-6(5-11)12-4-3-7(8,9)10/h6H,2-4H2,1H3. The lowest BCUT2D eigenvalue weighted by atomic mass is 10.3. The molecule has 0 radical (unpaired) electrons. The Kier molecular flexibility index (Phi) is 4.67. The van der Waals surface area contributed by atoms with Crippen molar-refractivity contribution in [3.8, 4) is 6.07 Å². The summed E-state index contributed by atoms with van der Waals surface area (Å²) in [6.07, 6.45) is -5.50. The summed E-state index contributed by atoms with van der Waals surface area (Å²) in [5.74, 6) is 0. The number of alkyl halides is 3. The van der Waals surface area contributed by atoms with Crippen LogP contribution in [0.1, 0.15) is 19.8 Å². The summed E-state index contributed by atoms with van der Waals surface area (Å²) in [4.78, 5) is 0. The van der Waals surface area contributed by atoms with Crippen molar-refractivity contribution in [3.05, 3.63) is 0 Å². The monoisotopic (exact) mass is 181 g/mol. The average molecular weight is 181 g/mol. The molecule has 70 valence electrons. The van der Waals surface area contributed by atoms with Gasteiger partial charge in [0, 0.05) is 0 Å². The van der Waals surface area contributed by atoms with Crippen LogP contribution in [0.2, 0.25) is 0 Å². The zero-order chi connectivity index (χ0) is 9.61. The predicted octanol–water partition coefficient (Wildman–Crippen LogP) is 2.26. The number of nitrogens with zero attached hydrogens (tertiary/aromatic N) is 1. The Balaban J connectivity index is 3.50. The molecule has 12 heavy (non-hydrogen) atoms. The summed E-state index contributed by atoms with van der Waals surface area (Å²) < 4.78 is 39.3. The maximum Gasteiger partial charge on any atom is 0.391 e. The number of rotatable bonds is 4. The van der Waals surface area contributed by atoms with E-state index >= 15 is 0 Å². The second-order valence-electron chi connectivity index (χ2n) is 2.26. The largest absolute Gasteiger partial charge is 0.391 e. The summed E-state index contributed by atoms with van der Waals surface area (Å²) in [5.41, 5.74) is 0. The van der Waals surface area contributed by atoms with Gasteiger partial charge in [-0.25, -0.2) is 0 Å². The van der Waals surface area contributed by atoms with Crippen LogP contribution >= 0.6 is 0 Å². The summed E-state index contributed by atoms with van der Waals surface area (Å²) in [5, 5.41) is 8.30. The first-order chi connectivity index (χ1) is 5.49. The molecule has 0 fully saturated rings. The molecule has 0 aromatic carbocycles. The van der Waals surface area contributed by atoms with Crippen LogP contribution in [0.15, 0.2) is 0 Å². The van der Waals surface area contributed by atoms with E-state index in [0.717, 1.165) is 0 Å². The van der Waals surface area contributed by atoms with Crippen LogP contribution in [-0.4, -0.2) is 18.9 Å². The molecule has 1 unspecified atom stereocenters. The van der Waals surface area contributed by atoms with Gasteiger partial charge in [-0.3, -0.25) is 0 Å². The van der Waals surface area contributed by atoms with Gasteiger partial charge >= 0.3 is 6.18 Å². The Morgan fingerprint density at radius 2 is 2.08 bits per heavy atom. The number of halogens is 3. The minimum atomic E-state index is -4.20. The van der Waals surface area contributed by atoms with Crippen molar-refractivity contribution >= 4 is 0 Å². The van der Waals surface area contributed by atoms with Crippen molar-refractivity contribution in [1.29, 1.82) is 5.26 Å². The summed E-state index contributed by atoms with van der Waals surface area (Å²) in [6, 6.07) is 1.75. The molecule has 2 nitrogen and oxygen atoms in total. The van der Waals surface area contributed by atoms with Crippen LogP contribution in [-0.2, 0) is 4.74 Å². The van der Waals surface area contributed by atoms with Gasteiger partial charge in [-0.1, -0.05) is 6.92 Å². The molecule has 0 aliphatic rings. The lowest BCUT2D eigenvalue weighted by Gasteiger charge is -2.09. The van der Waals surface area contributed by atoms with Crippen LogP contribution in [0.25, 0.3) is 0 Å². The molecule has 0 aromatic rings. The van der Waals surface area contributed by atoms with Gasteiger partial charge in [0.1, 0.15) is 6.10 Å². The van der Waals surface area contributed by atoms with Crippen molar-refractivity contribution in [2.24, 2.45) is 0 Å². The van der Waals surface area contributed by atoms with Crippen molar-refractivity contribution in [3.63, 3.8) is 0 Å². The molecule has 5 heteroatoms. The van der Waals surface area contributed by atoms with Crippen LogP contribution in [0.5, 0.6) is 0 Å². The number of nitriles is 1. The first-order valence-electron chi connectivity index (χ1n) is 3.57. The van der Waals surface area contributed by atoms with E-state index in [1.165, 1.54) is 0 Å². The molecule has 0 heterocycles. The third-order valence-electron chi connectivity index (χ3n) is 1.22. The van der Waals surface area contributed by atoms with Gasteiger partial charge < -0.3 is 4.74 Å². The summed E-state index contributed by atoms with van der Waals surface area (Å²) >= 11 is 0. The molecule has 0 spiro atoms. The highest BCUT2D eigenvalue weighted by atomic mass is 19.4. The third-order valence-corrected chi connectivity index (χ3v) is 1.22. The molecule has 0 saturated carbocycles. The third kappa shape index (κ3) is 5.98. The van der Waals surface area contributed by atoms with E-state index in [-0.39, 0.29) is 0 Å². The fourth-order valence-electron chi connectivity index (χ4n) is 0.563. The molecule has 0 bridgehead atoms. The Labute approximate surface area is 68.9 Å². The second kappa shape index (κ2) is 4.99. The van der Waals surface area contributed by atoms with Gasteiger partial charge in [0.2, 0.25) is 0 Å². The van der Waals surface area contributed by atoms with Crippen LogP contribution in [0, 0.1) is 11.3 Å². The minimum Gasteiger partial charge on any atom is -0.363 e. The first kappa shape index (κ1) is 11.2. The van der Waals surface area contributed by atoms with Crippen LogP contribution < -0.4 is 0 Å². The number of ether oxygens (including phenoxy) is 1. The average Bonchev–Trinajstić information content (AvgIpc) is 1.96. The molecule has 0 aliphatic heterocycles. The highest BCUT2D eigenvalue weighted by molar-refractivity contribution is 4.82. The fraction of sp³-hybridized carbons (Fsp3) is 0.857. The Hall–Kier alpha value is -0.760. The van der Waals surface area contributed by atoms with Gasteiger partial charge in [0.15, 0.2) is 0 Å². The maximum atomic E-state index is 11.6. The molecule has 0 aromatic heterocycles. The van der Waals surface area contributed by atoms with E-state index in [2.05, 4.69) is 4.74 Å². The molecule has 0 N–H and O–H groups in total. The molecular formula is C7H10F3NO. The SMILES string of the molecule is CCC(C#N)OCCC(F)(F)F. The minimum absolute atomic E-state index is 0.411. The number of hydrogen-bond donors (Lipinski definition) is 0. The van der Waals surface area contributed by atoms with E-state index in [1.807, 2.05) is 0 Å². The first-order valence-corrected chi connectivity index (χ1v) is 3.57. The molecular weight excluding hydrogens is 171 g/mol. The second-order valence-corrected chi connectivity index (χ2v) is 2.26. The van der Waals surface area contributed by atoms with Crippen LogP contribution in [0.3, 0.4) is 0 Å². The Bertz CT molecular complexity index is 161. The lowest BCUT2D eigenvalue weighted by Crippen LogP contribution is -2.16. The Morgan fingerprint density at radius 3 is 2.42 bits per heavy atom. The van der Waals surface area contributed by atoms with E-state index in [0.29, 0.717) is 6.42 Å². The van der Waals surface area contributed by atoms with Crippen molar-refractivity contribution < 1.29 is 17.9 Å². The molecule has 1 atom stereocenters. The maximum absolute atomic E-state index is 11.6. The van der Waals surface area contributed by atoms with Crippen molar-refractivity contribution in [1.82, 2.24) is 0 Å². The predicted molar refractivity (Wildman–Crippen MR) is 36.3 cm³/mol. The van der Waals surface area contributed by atoms with Gasteiger partial charge in [-0.05, 0) is 6.42 Å². The molecule has 0 saturated heterocycles. The highest BCUT2D eigenvalue weighted by Crippen LogP contribution is 2.19. The zero-order valence-electron chi connectivity index (χ0n) is 6.69. The molecule has 0 rings (SSSR count). The van der Waals surface area contributed by atoms with Crippen molar-refractivity contribution in [2.75, 3.05) is 6.61 Å². The van der Waals surface area contributed by atoms with Gasteiger partial charge in [-0.2, -0.15) is 18.4 Å². The van der Waals surface area contributed by atoms with Gasteiger partial charge in [0.05, 0.1) is 19.1 Å². The molecule has 0 aliphatic carbocycles. The van der Waals surface area contributed by atoms with Gasteiger partial charge in [-0.15, -0.1) is 0 Å². The zero-order valence-corrected chi connectivity index (χ0v) is 6.69. The number of hydrogen-bond acceptors (Lipinski definition) is 2. The Morgan fingerprint density at radius 1 is 1.50 bits per heavy atom. The quantitative estimate of drug-likeness (QED) is 0.666. The lowest BCUT2D eigenvalue weighted by molar-refractivity contribution is -0.147. The summed E-state index contributed by atoms with van der Waals surface area (Å²) in [7, 11) is 0. The van der Waals surface area contributed by atoms with Gasteiger partial charge in [0.25, 0.3) is 0 Å². The van der Waals surface area contributed by atoms with Crippen molar-refractivity contribution in [2.45, 2.75) is 32.0 Å².